The van der Waals surface area contributed by atoms with Crippen molar-refractivity contribution in [3.05, 3.63) is 29.6 Å². The molecular weight excluding hydrogens is 335 g/mol. The van der Waals surface area contributed by atoms with Crippen LogP contribution in [0.5, 0.6) is 5.75 Å². The van der Waals surface area contributed by atoms with Crippen molar-refractivity contribution in [1.82, 2.24) is 4.90 Å². The normalized spacial score (nSPS) is 33.5. The van der Waals surface area contributed by atoms with Gasteiger partial charge in [0.1, 0.15) is 11.6 Å². The predicted molar refractivity (Wildman–Crippen MR) is 81.0 cm³/mol. The Morgan fingerprint density at radius 3 is 2.76 bits per heavy atom. The van der Waals surface area contributed by atoms with Gasteiger partial charge >= 0.3 is 6.61 Å². The van der Waals surface area contributed by atoms with Gasteiger partial charge in [-0.05, 0) is 56.2 Å². The molecule has 0 spiro atoms. The molecule has 25 heavy (non-hydrogen) atoms. The van der Waals surface area contributed by atoms with Gasteiger partial charge in [-0.15, -0.1) is 0 Å². The number of carbonyl (C=O) groups excluding carboxylic acids is 2. The van der Waals surface area contributed by atoms with E-state index in [1.165, 1.54) is 0 Å². The molecule has 1 heterocycles. The summed E-state index contributed by atoms with van der Waals surface area (Å²) in [5.74, 6) is -1.35. The summed E-state index contributed by atoms with van der Waals surface area (Å²) < 4.78 is 43.1. The first-order valence-electron chi connectivity index (χ1n) is 8.41. The van der Waals surface area contributed by atoms with Gasteiger partial charge in [0.2, 0.25) is 11.8 Å². The van der Waals surface area contributed by atoms with Gasteiger partial charge < -0.3 is 4.74 Å². The molecule has 4 rings (SSSR count). The van der Waals surface area contributed by atoms with Crippen molar-refractivity contribution >= 4 is 11.8 Å². The smallest absolute Gasteiger partial charge is 0.387 e. The maximum Gasteiger partial charge on any atom is 0.387 e. The zero-order valence-corrected chi connectivity index (χ0v) is 13.7. The second-order valence-electron chi connectivity index (χ2n) is 7.39. The fourth-order valence-corrected chi connectivity index (χ4v) is 5.13. The topological polar surface area (TPSA) is 46.6 Å². The summed E-state index contributed by atoms with van der Waals surface area (Å²) in [4.78, 5) is 26.9. The van der Waals surface area contributed by atoms with E-state index in [9.17, 15) is 22.8 Å². The first-order valence-corrected chi connectivity index (χ1v) is 8.41. The Bertz CT molecular complexity index is 753. The van der Waals surface area contributed by atoms with Crippen LogP contribution >= 0.6 is 0 Å². The average molecular weight is 353 g/mol. The Hall–Kier alpha value is -2.05. The number of alkyl halides is 2. The van der Waals surface area contributed by atoms with Crippen molar-refractivity contribution in [2.24, 2.45) is 23.2 Å². The lowest BCUT2D eigenvalue weighted by Crippen LogP contribution is -2.38. The molecular formula is C18H18F3NO3. The lowest BCUT2D eigenvalue weighted by molar-refractivity contribution is -0.143. The Morgan fingerprint density at radius 1 is 1.32 bits per heavy atom. The van der Waals surface area contributed by atoms with Crippen LogP contribution in [0.4, 0.5) is 13.2 Å². The SMILES string of the molecule is C[C@@]12C(=O)N(Cc3cc(F)ccc3OC(F)F)C(=O)C1[C@@H]1CC[C@H]2C1. The largest absolute Gasteiger partial charge is 0.434 e. The number of ether oxygens (including phenoxy) is 1. The third-order valence-electron chi connectivity index (χ3n) is 6.24. The van der Waals surface area contributed by atoms with E-state index in [2.05, 4.69) is 4.74 Å². The van der Waals surface area contributed by atoms with Gasteiger partial charge in [0.05, 0.1) is 17.9 Å². The highest BCUT2D eigenvalue weighted by molar-refractivity contribution is 6.08. The van der Waals surface area contributed by atoms with Crippen molar-refractivity contribution in [2.75, 3.05) is 0 Å². The van der Waals surface area contributed by atoms with E-state index >= 15 is 0 Å². The van der Waals surface area contributed by atoms with Crippen LogP contribution in [-0.2, 0) is 16.1 Å². The van der Waals surface area contributed by atoms with Crippen molar-refractivity contribution in [1.29, 1.82) is 0 Å². The fraction of sp³-hybridized carbons (Fsp3) is 0.556. The Labute approximate surface area is 142 Å². The Balaban J connectivity index is 1.65. The molecule has 2 saturated carbocycles. The van der Waals surface area contributed by atoms with Crippen LogP contribution in [0.2, 0.25) is 0 Å². The number of likely N-dealkylation sites (tertiary alicyclic amines) is 1. The summed E-state index contributed by atoms with van der Waals surface area (Å²) in [5.41, 5.74) is -0.644. The highest BCUT2D eigenvalue weighted by atomic mass is 19.3. The standard InChI is InChI=1S/C18H18F3NO3/c1-18-11-3-2-9(6-11)14(18)15(23)22(16(18)24)8-10-7-12(19)4-5-13(10)25-17(20)21/h4-5,7,9,11,14,17H,2-3,6,8H2,1H3/t9-,11+,14?,18+/m1/s1. The summed E-state index contributed by atoms with van der Waals surface area (Å²) in [6, 6.07) is 3.13. The molecule has 3 aliphatic rings. The Morgan fingerprint density at radius 2 is 2.08 bits per heavy atom. The molecule has 3 fully saturated rings. The highest BCUT2D eigenvalue weighted by Gasteiger charge is 2.68. The molecule has 1 aromatic rings. The van der Waals surface area contributed by atoms with Gasteiger partial charge in [-0.3, -0.25) is 14.5 Å². The molecule has 4 nitrogen and oxygen atoms in total. The number of rotatable bonds is 4. The summed E-state index contributed by atoms with van der Waals surface area (Å²) in [6.45, 7) is -1.48. The van der Waals surface area contributed by atoms with Crippen LogP contribution in [0.1, 0.15) is 31.7 Å². The van der Waals surface area contributed by atoms with Gasteiger partial charge in [-0.1, -0.05) is 0 Å². The molecule has 7 heteroatoms. The van der Waals surface area contributed by atoms with Crippen molar-refractivity contribution in [3.63, 3.8) is 0 Å². The number of carbonyl (C=O) groups is 2. The molecule has 134 valence electrons. The molecule has 2 amide bonds. The molecule has 4 atom stereocenters. The molecule has 0 N–H and O–H groups in total. The number of fused-ring (bicyclic) bond motifs is 5. The summed E-state index contributed by atoms with van der Waals surface area (Å²) in [7, 11) is 0. The van der Waals surface area contributed by atoms with E-state index in [1.54, 1.807) is 0 Å². The number of hydrogen-bond acceptors (Lipinski definition) is 3. The number of amides is 2. The molecule has 1 aromatic carbocycles. The molecule has 1 saturated heterocycles. The van der Waals surface area contributed by atoms with E-state index in [4.69, 9.17) is 0 Å². The highest BCUT2D eigenvalue weighted by Crippen LogP contribution is 2.63. The molecule has 1 unspecified atom stereocenters. The zero-order chi connectivity index (χ0) is 17.9. The van der Waals surface area contributed by atoms with E-state index in [0.29, 0.717) is 0 Å². The minimum Gasteiger partial charge on any atom is -0.434 e. The van der Waals surface area contributed by atoms with Gasteiger partial charge in [0.15, 0.2) is 0 Å². The van der Waals surface area contributed by atoms with Crippen LogP contribution in [0.15, 0.2) is 18.2 Å². The van der Waals surface area contributed by atoms with E-state index in [-0.39, 0.29) is 47.4 Å². The van der Waals surface area contributed by atoms with Gasteiger partial charge in [-0.2, -0.15) is 8.78 Å². The maximum atomic E-state index is 13.6. The second-order valence-corrected chi connectivity index (χ2v) is 7.39. The number of imide groups is 1. The molecule has 0 radical (unpaired) electrons. The average Bonchev–Trinajstić information content (AvgIpc) is 3.17. The van der Waals surface area contributed by atoms with Crippen LogP contribution in [0, 0.1) is 29.0 Å². The van der Waals surface area contributed by atoms with E-state index in [0.717, 1.165) is 42.4 Å². The zero-order valence-electron chi connectivity index (χ0n) is 13.7. The lowest BCUT2D eigenvalue weighted by Gasteiger charge is -2.31. The van der Waals surface area contributed by atoms with Crippen LogP contribution < -0.4 is 4.74 Å². The fourth-order valence-electron chi connectivity index (χ4n) is 5.13. The third kappa shape index (κ3) is 2.28. The van der Waals surface area contributed by atoms with Gasteiger partial charge in [0, 0.05) is 5.56 Å². The van der Waals surface area contributed by atoms with Crippen molar-refractivity contribution in [2.45, 2.75) is 39.3 Å². The molecule has 2 bridgehead atoms. The first kappa shape index (κ1) is 16.4. The first-order chi connectivity index (χ1) is 11.8. The van der Waals surface area contributed by atoms with Gasteiger partial charge in [-0.25, -0.2) is 4.39 Å². The van der Waals surface area contributed by atoms with E-state index < -0.39 is 17.8 Å². The Kier molecular flexibility index (Phi) is 3.60. The van der Waals surface area contributed by atoms with Crippen LogP contribution in [0.3, 0.4) is 0 Å². The number of benzene rings is 1. The lowest BCUT2D eigenvalue weighted by atomic mass is 9.69. The number of nitrogens with zero attached hydrogens (tertiary/aromatic N) is 1. The summed E-state index contributed by atoms with van der Waals surface area (Å²) in [5, 5.41) is 0. The predicted octanol–water partition coefficient (Wildman–Crippen LogP) is 3.35. The monoisotopic (exact) mass is 353 g/mol. The third-order valence-corrected chi connectivity index (χ3v) is 6.24. The van der Waals surface area contributed by atoms with Gasteiger partial charge in [0.25, 0.3) is 0 Å². The molecule has 1 aliphatic heterocycles. The molecule has 2 aliphatic carbocycles. The quantitative estimate of drug-likeness (QED) is 0.780. The maximum absolute atomic E-state index is 13.6. The summed E-state index contributed by atoms with van der Waals surface area (Å²) in [6.07, 6.45) is 2.77. The number of hydrogen-bond donors (Lipinski definition) is 0. The summed E-state index contributed by atoms with van der Waals surface area (Å²) >= 11 is 0. The van der Waals surface area contributed by atoms with Crippen LogP contribution in [0.25, 0.3) is 0 Å². The second kappa shape index (κ2) is 5.47. The van der Waals surface area contributed by atoms with Crippen molar-refractivity contribution in [3.8, 4) is 5.75 Å². The van der Waals surface area contributed by atoms with Crippen molar-refractivity contribution < 1.29 is 27.5 Å². The minimum absolute atomic E-state index is 0.0675. The van der Waals surface area contributed by atoms with Crippen LogP contribution in [-0.4, -0.2) is 23.3 Å². The molecule has 0 aromatic heterocycles. The minimum atomic E-state index is -3.07. The number of halogens is 3. The van der Waals surface area contributed by atoms with E-state index in [1.807, 2.05) is 6.92 Å².